The third-order valence-corrected chi connectivity index (χ3v) is 7.67. The van der Waals surface area contributed by atoms with Gasteiger partial charge in [0.25, 0.3) is 0 Å². The van der Waals surface area contributed by atoms with Crippen molar-refractivity contribution in [1.82, 2.24) is 0 Å². The Kier molecular flexibility index (Phi) is 10.8. The number of allylic oxidation sites excluding steroid dienone is 3. The zero-order valence-corrected chi connectivity index (χ0v) is 21.6. The molecule has 2 atom stereocenters. The normalized spacial score (nSPS) is 23.2. The Hall–Kier alpha value is -2.84. The number of hydrogen-bond acceptors (Lipinski definition) is 4. The van der Waals surface area contributed by atoms with E-state index < -0.39 is 12.1 Å². The molecule has 3 rings (SSSR count). The van der Waals surface area contributed by atoms with Crippen LogP contribution < -0.4 is 0 Å². The number of oxime groups is 1. The molecule has 0 heterocycles. The third kappa shape index (κ3) is 8.38. The van der Waals surface area contributed by atoms with Crippen molar-refractivity contribution in [3.63, 3.8) is 0 Å². The maximum Gasteiger partial charge on any atom is 0.303 e. The van der Waals surface area contributed by atoms with Crippen LogP contribution in [0.25, 0.3) is 0 Å². The van der Waals surface area contributed by atoms with Gasteiger partial charge in [0.15, 0.2) is 0 Å². The van der Waals surface area contributed by atoms with Crippen molar-refractivity contribution in [3.8, 4) is 11.8 Å². The summed E-state index contributed by atoms with van der Waals surface area (Å²) in [5.74, 6) is 5.73. The highest BCUT2D eigenvalue weighted by Gasteiger charge is 2.41. The lowest BCUT2D eigenvalue weighted by molar-refractivity contribution is -0.137. The first-order valence-corrected chi connectivity index (χ1v) is 13.4. The maximum atomic E-state index is 11.0. The highest BCUT2D eigenvalue weighted by molar-refractivity contribution is 5.91. The van der Waals surface area contributed by atoms with E-state index in [9.17, 15) is 9.90 Å². The van der Waals surface area contributed by atoms with Crippen molar-refractivity contribution in [2.75, 3.05) is 6.61 Å². The number of hydrogen-bond donors (Lipinski definition) is 2. The van der Waals surface area contributed by atoms with Gasteiger partial charge in [0.2, 0.25) is 0 Å². The van der Waals surface area contributed by atoms with Crippen LogP contribution in [0.1, 0.15) is 89.5 Å². The summed E-state index contributed by atoms with van der Waals surface area (Å²) in [6, 6.07) is 10.0. The molecule has 2 aliphatic rings. The predicted octanol–water partition coefficient (Wildman–Crippen LogP) is 6.67. The molecule has 2 saturated carbocycles. The molecule has 2 aliphatic carbocycles. The van der Waals surface area contributed by atoms with Crippen molar-refractivity contribution in [1.29, 1.82) is 0 Å². The van der Waals surface area contributed by atoms with Crippen LogP contribution in [0.2, 0.25) is 0 Å². The SMILES string of the molecule is C[C@@]1(/C=C/C=C/[C@H](O)C2(CCC#Cc3ccccc3)CCC2)CCCC/C1=N\OCCCCC(=O)O. The van der Waals surface area contributed by atoms with Crippen molar-refractivity contribution < 1.29 is 19.8 Å². The first-order chi connectivity index (χ1) is 17.4. The van der Waals surface area contributed by atoms with Gasteiger partial charge in [0.1, 0.15) is 6.61 Å². The van der Waals surface area contributed by atoms with E-state index in [-0.39, 0.29) is 17.3 Å². The molecule has 1 aromatic rings. The van der Waals surface area contributed by atoms with Crippen LogP contribution in [-0.4, -0.2) is 34.6 Å². The summed E-state index contributed by atoms with van der Waals surface area (Å²) >= 11 is 0. The number of aliphatic hydroxyl groups excluding tert-OH is 1. The second kappa shape index (κ2) is 14.0. The molecule has 0 spiro atoms. The number of carboxylic acid groups (broad SMARTS) is 1. The Labute approximate surface area is 216 Å². The first-order valence-electron chi connectivity index (χ1n) is 13.4. The van der Waals surface area contributed by atoms with Gasteiger partial charge >= 0.3 is 5.97 Å². The standard InChI is InChI=1S/C31H41NO4/c1-30(20-9-6-17-27(30)32-36-25-12-8-19-29(34)35)21-10-7-18-28(33)31(23-13-24-31)22-11-5-16-26-14-3-2-4-15-26/h2-4,7,10,14-15,18,21,28,33H,6,8-9,11-13,17,19-20,22-25H2,1H3,(H,34,35)/b18-7+,21-10+,32-27+/t28-,30-/m0/s1. The van der Waals surface area contributed by atoms with Gasteiger partial charge in [-0.3, -0.25) is 4.79 Å². The monoisotopic (exact) mass is 491 g/mol. The Morgan fingerprint density at radius 1 is 1.14 bits per heavy atom. The van der Waals surface area contributed by atoms with Gasteiger partial charge in [-0.15, -0.1) is 0 Å². The summed E-state index contributed by atoms with van der Waals surface area (Å²) in [4.78, 5) is 16.1. The fourth-order valence-corrected chi connectivity index (χ4v) is 5.07. The van der Waals surface area contributed by atoms with Crippen molar-refractivity contribution in [2.24, 2.45) is 16.0 Å². The quantitative estimate of drug-likeness (QED) is 0.148. The zero-order chi connectivity index (χ0) is 25.7. The average Bonchev–Trinajstić information content (AvgIpc) is 2.84. The zero-order valence-electron chi connectivity index (χ0n) is 21.6. The fraction of sp³-hybridized carbons (Fsp3) is 0.548. The van der Waals surface area contributed by atoms with Gasteiger partial charge in [-0.1, -0.05) is 79.3 Å². The Morgan fingerprint density at radius 3 is 2.67 bits per heavy atom. The molecule has 0 aliphatic heterocycles. The molecule has 5 heteroatoms. The molecule has 5 nitrogen and oxygen atoms in total. The summed E-state index contributed by atoms with van der Waals surface area (Å²) in [7, 11) is 0. The minimum absolute atomic E-state index is 0.0501. The molecule has 194 valence electrons. The van der Waals surface area contributed by atoms with Crippen molar-refractivity contribution in [3.05, 3.63) is 60.2 Å². The topological polar surface area (TPSA) is 79.1 Å². The minimum Gasteiger partial charge on any atom is -0.481 e. The Morgan fingerprint density at radius 2 is 1.94 bits per heavy atom. The molecule has 36 heavy (non-hydrogen) atoms. The highest BCUT2D eigenvalue weighted by Crippen LogP contribution is 2.48. The molecular weight excluding hydrogens is 450 g/mol. The number of nitrogens with zero attached hydrogens (tertiary/aromatic N) is 1. The van der Waals surface area contributed by atoms with Crippen LogP contribution in [0.3, 0.4) is 0 Å². The van der Waals surface area contributed by atoms with E-state index in [1.54, 1.807) is 0 Å². The maximum absolute atomic E-state index is 11.0. The van der Waals surface area contributed by atoms with Crippen LogP contribution in [-0.2, 0) is 9.63 Å². The number of aliphatic carboxylic acids is 1. The molecule has 0 amide bonds. The molecule has 0 unspecified atom stereocenters. The number of benzene rings is 1. The second-order valence-corrected chi connectivity index (χ2v) is 10.4. The first kappa shape index (κ1) is 27.7. The average molecular weight is 492 g/mol. The van der Waals surface area contributed by atoms with E-state index in [1.807, 2.05) is 48.6 Å². The summed E-state index contributed by atoms with van der Waals surface area (Å²) in [6.07, 6.45) is 18.3. The van der Waals surface area contributed by atoms with Crippen LogP contribution in [0.15, 0.2) is 59.8 Å². The number of carbonyl (C=O) groups is 1. The molecular formula is C31H41NO4. The van der Waals surface area contributed by atoms with Crippen LogP contribution in [0.5, 0.6) is 0 Å². The molecule has 2 fully saturated rings. The lowest BCUT2D eigenvalue weighted by Gasteiger charge is -2.44. The van der Waals surface area contributed by atoms with Gasteiger partial charge in [-0.25, -0.2) is 0 Å². The van der Waals surface area contributed by atoms with E-state index in [2.05, 4.69) is 30.0 Å². The third-order valence-electron chi connectivity index (χ3n) is 7.67. The lowest BCUT2D eigenvalue weighted by Crippen LogP contribution is -2.40. The molecule has 0 aromatic heterocycles. The van der Waals surface area contributed by atoms with Gasteiger partial charge < -0.3 is 15.1 Å². The number of aliphatic hydroxyl groups is 1. The van der Waals surface area contributed by atoms with Gasteiger partial charge in [0.05, 0.1) is 11.8 Å². The van der Waals surface area contributed by atoms with Crippen molar-refractivity contribution in [2.45, 2.75) is 90.1 Å². The number of unbranched alkanes of at least 4 members (excludes halogenated alkanes) is 1. The van der Waals surface area contributed by atoms with Gasteiger partial charge in [-0.2, -0.15) is 0 Å². The van der Waals surface area contributed by atoms with Crippen LogP contribution >= 0.6 is 0 Å². The van der Waals surface area contributed by atoms with E-state index in [1.165, 1.54) is 6.42 Å². The molecule has 0 radical (unpaired) electrons. The van der Waals surface area contributed by atoms with E-state index in [4.69, 9.17) is 9.94 Å². The summed E-state index contributed by atoms with van der Waals surface area (Å²) < 4.78 is 0. The largest absolute Gasteiger partial charge is 0.481 e. The summed E-state index contributed by atoms with van der Waals surface area (Å²) in [5.41, 5.74) is 1.87. The lowest BCUT2D eigenvalue weighted by atomic mass is 9.62. The van der Waals surface area contributed by atoms with Crippen molar-refractivity contribution >= 4 is 11.7 Å². The smallest absolute Gasteiger partial charge is 0.303 e. The summed E-state index contributed by atoms with van der Waals surface area (Å²) in [5, 5.41) is 24.1. The van der Waals surface area contributed by atoms with Gasteiger partial charge in [0, 0.05) is 29.2 Å². The fourth-order valence-electron chi connectivity index (χ4n) is 5.07. The van der Waals surface area contributed by atoms with E-state index in [0.29, 0.717) is 19.4 Å². The molecule has 2 N–H and O–H groups in total. The second-order valence-electron chi connectivity index (χ2n) is 10.4. The Balaban J connectivity index is 1.50. The van der Waals surface area contributed by atoms with E-state index >= 15 is 0 Å². The van der Waals surface area contributed by atoms with E-state index in [0.717, 1.165) is 62.6 Å². The van der Waals surface area contributed by atoms with Gasteiger partial charge in [-0.05, 0) is 63.5 Å². The molecule has 0 saturated heterocycles. The highest BCUT2D eigenvalue weighted by atomic mass is 16.6. The molecule has 0 bridgehead atoms. The predicted molar refractivity (Wildman–Crippen MR) is 145 cm³/mol. The van der Waals surface area contributed by atoms with Crippen LogP contribution in [0, 0.1) is 22.7 Å². The van der Waals surface area contributed by atoms with Crippen LogP contribution in [0.4, 0.5) is 0 Å². The number of carboxylic acids is 1. The minimum atomic E-state index is -0.774. The Bertz CT molecular complexity index is 981. The summed E-state index contributed by atoms with van der Waals surface area (Å²) in [6.45, 7) is 2.64. The number of rotatable bonds is 12. The molecule has 1 aromatic carbocycles.